The van der Waals surface area contributed by atoms with Crippen molar-refractivity contribution in [3.63, 3.8) is 0 Å². The van der Waals surface area contributed by atoms with Crippen molar-refractivity contribution in [2.24, 2.45) is 5.41 Å². The Hall–Kier alpha value is -0.0800. The molecule has 0 aliphatic carbocycles. The highest BCUT2D eigenvalue weighted by molar-refractivity contribution is 4.83. The summed E-state index contributed by atoms with van der Waals surface area (Å²) >= 11 is 0. The van der Waals surface area contributed by atoms with Crippen LogP contribution in [0.25, 0.3) is 0 Å². The van der Waals surface area contributed by atoms with Crippen molar-refractivity contribution in [1.29, 1.82) is 0 Å². The number of likely N-dealkylation sites (tertiary alicyclic amines) is 1. The van der Waals surface area contributed by atoms with Gasteiger partial charge in [0.2, 0.25) is 0 Å². The van der Waals surface area contributed by atoms with Crippen molar-refractivity contribution in [3.8, 4) is 0 Å². The Labute approximate surface area is 88.3 Å². The Morgan fingerprint density at radius 1 is 1.14 bits per heavy atom. The molecule has 0 radical (unpaired) electrons. The van der Waals surface area contributed by atoms with E-state index in [2.05, 4.69) is 18.7 Å². The van der Waals surface area contributed by atoms with Crippen LogP contribution in [0, 0.1) is 5.41 Å². The standard InChI is InChI=1S/C12H25NO/c1-3-12(4-2)6-9-13(10-7-12)8-5-11-14/h14H,3-11H2,1-2H3. The van der Waals surface area contributed by atoms with E-state index >= 15 is 0 Å². The maximum absolute atomic E-state index is 8.77. The Balaban J connectivity index is 2.29. The van der Waals surface area contributed by atoms with Crippen molar-refractivity contribution >= 4 is 0 Å². The van der Waals surface area contributed by atoms with Gasteiger partial charge in [-0.25, -0.2) is 0 Å². The summed E-state index contributed by atoms with van der Waals surface area (Å²) in [6.45, 7) is 8.55. The normalized spacial score (nSPS) is 22.5. The number of hydrogen-bond acceptors (Lipinski definition) is 2. The zero-order valence-electron chi connectivity index (χ0n) is 9.76. The molecule has 1 aliphatic heterocycles. The summed E-state index contributed by atoms with van der Waals surface area (Å²) < 4.78 is 0. The van der Waals surface area contributed by atoms with Gasteiger partial charge in [-0.3, -0.25) is 0 Å². The molecule has 0 atom stereocenters. The number of hydrogen-bond donors (Lipinski definition) is 1. The van der Waals surface area contributed by atoms with Crippen molar-refractivity contribution in [3.05, 3.63) is 0 Å². The van der Waals surface area contributed by atoms with Gasteiger partial charge in [0.15, 0.2) is 0 Å². The molecule has 0 aromatic carbocycles. The summed E-state index contributed by atoms with van der Waals surface area (Å²) in [5.74, 6) is 0. The first-order valence-corrected chi connectivity index (χ1v) is 6.09. The van der Waals surface area contributed by atoms with E-state index in [1.54, 1.807) is 0 Å². The van der Waals surface area contributed by atoms with E-state index in [0.29, 0.717) is 12.0 Å². The Morgan fingerprint density at radius 2 is 1.71 bits per heavy atom. The van der Waals surface area contributed by atoms with E-state index in [4.69, 9.17) is 5.11 Å². The molecule has 1 saturated heterocycles. The summed E-state index contributed by atoms with van der Waals surface area (Å²) in [4.78, 5) is 2.50. The molecule has 0 amide bonds. The van der Waals surface area contributed by atoms with Gasteiger partial charge >= 0.3 is 0 Å². The fourth-order valence-corrected chi connectivity index (χ4v) is 2.50. The van der Waals surface area contributed by atoms with Gasteiger partial charge < -0.3 is 10.0 Å². The molecule has 84 valence electrons. The first kappa shape index (κ1) is 12.0. The van der Waals surface area contributed by atoms with Gasteiger partial charge in [-0.1, -0.05) is 26.7 Å². The van der Waals surface area contributed by atoms with Crippen LogP contribution in [-0.4, -0.2) is 36.2 Å². The SMILES string of the molecule is CCC1(CC)CCN(CCCO)CC1. The van der Waals surface area contributed by atoms with E-state index in [1.165, 1.54) is 38.8 Å². The highest BCUT2D eigenvalue weighted by Gasteiger charge is 2.30. The largest absolute Gasteiger partial charge is 0.396 e. The van der Waals surface area contributed by atoms with Gasteiger partial charge in [-0.15, -0.1) is 0 Å². The third-order valence-corrected chi connectivity index (χ3v) is 4.05. The molecular weight excluding hydrogens is 174 g/mol. The predicted molar refractivity (Wildman–Crippen MR) is 60.4 cm³/mol. The predicted octanol–water partition coefficient (Wildman–Crippen LogP) is 2.27. The fourth-order valence-electron chi connectivity index (χ4n) is 2.50. The molecular formula is C12H25NO. The summed E-state index contributed by atoms with van der Waals surface area (Å²) in [5, 5.41) is 8.77. The van der Waals surface area contributed by atoms with Crippen molar-refractivity contribution in [2.75, 3.05) is 26.2 Å². The van der Waals surface area contributed by atoms with E-state index in [9.17, 15) is 0 Å². The van der Waals surface area contributed by atoms with Crippen molar-refractivity contribution in [1.82, 2.24) is 4.90 Å². The molecule has 0 saturated carbocycles. The van der Waals surface area contributed by atoms with Crippen LogP contribution < -0.4 is 0 Å². The first-order valence-electron chi connectivity index (χ1n) is 6.09. The quantitative estimate of drug-likeness (QED) is 0.734. The van der Waals surface area contributed by atoms with Gasteiger partial charge in [-0.2, -0.15) is 0 Å². The lowest BCUT2D eigenvalue weighted by molar-refractivity contribution is 0.0906. The minimum Gasteiger partial charge on any atom is -0.396 e. The molecule has 0 bridgehead atoms. The summed E-state index contributed by atoms with van der Waals surface area (Å²) in [6.07, 6.45) is 6.30. The molecule has 0 unspecified atom stereocenters. The molecule has 0 spiro atoms. The third kappa shape index (κ3) is 2.96. The maximum Gasteiger partial charge on any atom is 0.0443 e. The van der Waals surface area contributed by atoms with E-state index < -0.39 is 0 Å². The van der Waals surface area contributed by atoms with Crippen LogP contribution in [0.15, 0.2) is 0 Å². The molecule has 0 aromatic heterocycles. The average Bonchev–Trinajstić information content (AvgIpc) is 2.27. The lowest BCUT2D eigenvalue weighted by atomic mass is 9.74. The highest BCUT2D eigenvalue weighted by Crippen LogP contribution is 2.37. The van der Waals surface area contributed by atoms with Crippen LogP contribution in [0.5, 0.6) is 0 Å². The lowest BCUT2D eigenvalue weighted by Gasteiger charge is -2.41. The lowest BCUT2D eigenvalue weighted by Crippen LogP contribution is -2.40. The number of aliphatic hydroxyl groups is 1. The molecule has 1 heterocycles. The smallest absolute Gasteiger partial charge is 0.0443 e. The van der Waals surface area contributed by atoms with Gasteiger partial charge in [-0.05, 0) is 37.8 Å². The number of rotatable bonds is 5. The maximum atomic E-state index is 8.77. The molecule has 1 rings (SSSR count). The van der Waals surface area contributed by atoms with Gasteiger partial charge in [0.25, 0.3) is 0 Å². The van der Waals surface area contributed by atoms with Crippen LogP contribution in [0.4, 0.5) is 0 Å². The van der Waals surface area contributed by atoms with Crippen LogP contribution in [0.1, 0.15) is 46.0 Å². The zero-order chi connectivity index (χ0) is 10.4. The van der Waals surface area contributed by atoms with E-state index in [1.807, 2.05) is 0 Å². The van der Waals surface area contributed by atoms with Gasteiger partial charge in [0.1, 0.15) is 0 Å². The summed E-state index contributed by atoms with van der Waals surface area (Å²) in [5.41, 5.74) is 0.635. The van der Waals surface area contributed by atoms with E-state index in [0.717, 1.165) is 13.0 Å². The minimum atomic E-state index is 0.337. The van der Waals surface area contributed by atoms with E-state index in [-0.39, 0.29) is 0 Å². The molecule has 1 aliphatic rings. The first-order chi connectivity index (χ1) is 6.76. The monoisotopic (exact) mass is 199 g/mol. The molecule has 0 aromatic rings. The Morgan fingerprint density at radius 3 is 2.14 bits per heavy atom. The van der Waals surface area contributed by atoms with Gasteiger partial charge in [0, 0.05) is 13.2 Å². The fraction of sp³-hybridized carbons (Fsp3) is 1.00. The number of aliphatic hydroxyl groups excluding tert-OH is 1. The van der Waals surface area contributed by atoms with Crippen LogP contribution in [-0.2, 0) is 0 Å². The number of nitrogens with zero attached hydrogens (tertiary/aromatic N) is 1. The molecule has 1 fully saturated rings. The second-order valence-electron chi connectivity index (χ2n) is 4.63. The van der Waals surface area contributed by atoms with Crippen LogP contribution >= 0.6 is 0 Å². The van der Waals surface area contributed by atoms with Crippen LogP contribution in [0.3, 0.4) is 0 Å². The number of piperidine rings is 1. The molecule has 2 nitrogen and oxygen atoms in total. The van der Waals surface area contributed by atoms with Crippen molar-refractivity contribution < 1.29 is 5.11 Å². The summed E-state index contributed by atoms with van der Waals surface area (Å²) in [7, 11) is 0. The second-order valence-corrected chi connectivity index (χ2v) is 4.63. The van der Waals surface area contributed by atoms with Crippen molar-refractivity contribution in [2.45, 2.75) is 46.0 Å². The summed E-state index contributed by atoms with van der Waals surface area (Å²) in [6, 6.07) is 0. The third-order valence-electron chi connectivity index (χ3n) is 4.05. The molecule has 14 heavy (non-hydrogen) atoms. The van der Waals surface area contributed by atoms with Crippen LogP contribution in [0.2, 0.25) is 0 Å². The average molecular weight is 199 g/mol. The zero-order valence-corrected chi connectivity index (χ0v) is 9.76. The topological polar surface area (TPSA) is 23.5 Å². The second kappa shape index (κ2) is 5.72. The molecule has 2 heteroatoms. The van der Waals surface area contributed by atoms with Gasteiger partial charge in [0.05, 0.1) is 0 Å². The minimum absolute atomic E-state index is 0.337. The Kier molecular flexibility index (Phi) is 4.90. The molecule has 1 N–H and O–H groups in total. The highest BCUT2D eigenvalue weighted by atomic mass is 16.3. The Bertz CT molecular complexity index is 144.